The molecule has 0 atom stereocenters. The highest BCUT2D eigenvalue weighted by Gasteiger charge is 2.38. The number of hydrogen-bond donors (Lipinski definition) is 0. The average Bonchev–Trinajstić information content (AvgIpc) is 2.57. The largest absolute Gasteiger partial charge is 0.372 e. The van der Waals surface area contributed by atoms with Gasteiger partial charge in [0, 0.05) is 28.2 Å². The van der Waals surface area contributed by atoms with E-state index in [4.69, 9.17) is 0 Å². The predicted molar refractivity (Wildman–Crippen MR) is 99.2 cm³/mol. The van der Waals surface area contributed by atoms with E-state index in [0.717, 1.165) is 0 Å². The third-order valence-electron chi connectivity index (χ3n) is 3.95. The number of hydrogen-bond acceptors (Lipinski definition) is 10. The average molecular weight is 394 g/mol. The van der Waals surface area contributed by atoms with Crippen LogP contribution in [0.4, 0.5) is 34.1 Å². The van der Waals surface area contributed by atoms with Crippen LogP contribution in [0.2, 0.25) is 0 Å². The normalized spacial score (nSPS) is 10.6. The first-order valence-electron chi connectivity index (χ1n) is 7.50. The molecule has 0 heterocycles. The minimum atomic E-state index is -0.993. The number of nitro groups is 4. The lowest BCUT2D eigenvalue weighted by Crippen LogP contribution is -2.17. The summed E-state index contributed by atoms with van der Waals surface area (Å²) in [6.07, 6.45) is 0. The molecule has 0 fully saturated rings. The maximum absolute atomic E-state index is 11.5. The van der Waals surface area contributed by atoms with Gasteiger partial charge in [0.2, 0.25) is 0 Å². The Hall–Kier alpha value is -4.10. The second kappa shape index (κ2) is 6.90. The van der Waals surface area contributed by atoms with E-state index >= 15 is 0 Å². The van der Waals surface area contributed by atoms with Gasteiger partial charge in [-0.25, -0.2) is 0 Å². The van der Waals surface area contributed by atoms with Crippen molar-refractivity contribution < 1.29 is 19.7 Å². The first kappa shape index (κ1) is 20.2. The Bertz CT molecular complexity index is 970. The van der Waals surface area contributed by atoms with Gasteiger partial charge in [-0.1, -0.05) is 0 Å². The number of benzene rings is 2. The Morgan fingerprint density at radius 3 is 1.07 bits per heavy atom. The van der Waals surface area contributed by atoms with Crippen LogP contribution in [0.15, 0.2) is 12.1 Å². The molecule has 0 saturated carbocycles. The molecule has 0 radical (unpaired) electrons. The number of rotatable bonds is 6. The number of fused-ring (bicyclic) bond motifs is 1. The van der Waals surface area contributed by atoms with Gasteiger partial charge < -0.3 is 9.80 Å². The summed E-state index contributed by atoms with van der Waals surface area (Å²) < 4.78 is 0. The Labute approximate surface area is 156 Å². The molecule has 0 aromatic heterocycles. The van der Waals surface area contributed by atoms with Crippen molar-refractivity contribution in [1.29, 1.82) is 0 Å². The van der Waals surface area contributed by atoms with Crippen LogP contribution in [0, 0.1) is 40.5 Å². The molecule has 0 bridgehead atoms. The smallest absolute Gasteiger partial charge is 0.300 e. The van der Waals surface area contributed by atoms with Crippen molar-refractivity contribution in [3.05, 3.63) is 52.6 Å². The van der Waals surface area contributed by atoms with Gasteiger partial charge in [0.05, 0.1) is 37.2 Å². The Morgan fingerprint density at radius 1 is 0.571 bits per heavy atom. The van der Waals surface area contributed by atoms with Crippen molar-refractivity contribution >= 4 is 44.9 Å². The van der Waals surface area contributed by atoms with Crippen molar-refractivity contribution in [1.82, 2.24) is 0 Å². The van der Waals surface area contributed by atoms with E-state index in [9.17, 15) is 40.5 Å². The molecule has 2 aromatic carbocycles. The molecule has 0 amide bonds. The third-order valence-corrected chi connectivity index (χ3v) is 3.95. The van der Waals surface area contributed by atoms with E-state index in [1.165, 1.54) is 38.0 Å². The first-order chi connectivity index (χ1) is 12.9. The lowest BCUT2D eigenvalue weighted by Gasteiger charge is -2.21. The molecule has 0 aliphatic heterocycles. The van der Waals surface area contributed by atoms with Crippen molar-refractivity contribution in [3.63, 3.8) is 0 Å². The van der Waals surface area contributed by atoms with Crippen LogP contribution in [-0.2, 0) is 0 Å². The molecule has 0 aliphatic carbocycles. The second-order valence-electron chi connectivity index (χ2n) is 6.09. The number of nitrogens with zero attached hydrogens (tertiary/aromatic N) is 6. The second-order valence-corrected chi connectivity index (χ2v) is 6.09. The summed E-state index contributed by atoms with van der Waals surface area (Å²) in [5, 5.41) is 45.3. The highest BCUT2D eigenvalue weighted by atomic mass is 16.6. The highest BCUT2D eigenvalue weighted by molar-refractivity contribution is 6.17. The van der Waals surface area contributed by atoms with E-state index in [0.29, 0.717) is 12.1 Å². The van der Waals surface area contributed by atoms with E-state index in [2.05, 4.69) is 0 Å². The summed E-state index contributed by atoms with van der Waals surface area (Å²) in [5.41, 5.74) is -3.64. The lowest BCUT2D eigenvalue weighted by molar-refractivity contribution is -0.397. The van der Waals surface area contributed by atoms with Crippen LogP contribution in [-0.4, -0.2) is 47.9 Å². The molecule has 28 heavy (non-hydrogen) atoms. The van der Waals surface area contributed by atoms with E-state index < -0.39 is 47.8 Å². The topological polar surface area (TPSA) is 179 Å². The van der Waals surface area contributed by atoms with Gasteiger partial charge >= 0.3 is 0 Å². The molecule has 0 N–H and O–H groups in total. The third kappa shape index (κ3) is 3.06. The standard InChI is InChI=1S/C14H14N6O8/c1-15(2)13-9(19(25)26)5-7(17(21)22)11-8(18(23)24)6-10(20(27)28)14(12(11)13)16(3)4/h5-6H,1-4H3. The summed E-state index contributed by atoms with van der Waals surface area (Å²) in [6.45, 7) is 0. The highest BCUT2D eigenvalue weighted by Crippen LogP contribution is 2.51. The summed E-state index contributed by atoms with van der Waals surface area (Å²) in [5.74, 6) is 0. The maximum atomic E-state index is 11.5. The SMILES string of the molecule is CN(C)c1c([N+](=O)[O-])cc([N+](=O)[O-])c2c([N+](=O)[O-])cc([N+](=O)[O-])c(N(C)C)c12. The van der Waals surface area contributed by atoms with Gasteiger partial charge in [-0.3, -0.25) is 40.5 Å². The van der Waals surface area contributed by atoms with Crippen LogP contribution < -0.4 is 9.80 Å². The Kier molecular flexibility index (Phi) is 4.98. The fourth-order valence-electron chi connectivity index (χ4n) is 3.00. The molecule has 0 saturated heterocycles. The summed E-state index contributed by atoms with van der Waals surface area (Å²) in [6, 6.07) is 1.24. The van der Waals surface area contributed by atoms with Crippen molar-refractivity contribution in [2.24, 2.45) is 0 Å². The lowest BCUT2D eigenvalue weighted by atomic mass is 9.99. The minimum absolute atomic E-state index is 0.221. The summed E-state index contributed by atoms with van der Waals surface area (Å²) in [4.78, 5) is 44.9. The monoisotopic (exact) mass is 394 g/mol. The number of non-ortho nitro benzene ring substituents is 2. The van der Waals surface area contributed by atoms with Crippen molar-refractivity contribution in [2.45, 2.75) is 0 Å². The molecule has 2 aromatic rings. The molecule has 14 heteroatoms. The number of anilines is 2. The van der Waals surface area contributed by atoms with Gasteiger partial charge in [-0.05, 0) is 0 Å². The molecule has 148 valence electrons. The molecule has 0 aliphatic rings. The quantitative estimate of drug-likeness (QED) is 0.522. The zero-order valence-corrected chi connectivity index (χ0v) is 15.1. The minimum Gasteiger partial charge on any atom is -0.372 e. The zero-order chi connectivity index (χ0) is 21.5. The fourth-order valence-corrected chi connectivity index (χ4v) is 3.00. The summed E-state index contributed by atoms with van der Waals surface area (Å²) >= 11 is 0. The fraction of sp³-hybridized carbons (Fsp3) is 0.286. The van der Waals surface area contributed by atoms with Gasteiger partial charge in [-0.15, -0.1) is 0 Å². The molecule has 0 spiro atoms. The Morgan fingerprint density at radius 2 is 0.857 bits per heavy atom. The van der Waals surface area contributed by atoms with E-state index in [1.807, 2.05) is 0 Å². The van der Waals surface area contributed by atoms with E-state index in [-0.39, 0.29) is 16.8 Å². The molecule has 14 nitrogen and oxygen atoms in total. The first-order valence-corrected chi connectivity index (χ1v) is 7.50. The van der Waals surface area contributed by atoms with Crippen LogP contribution >= 0.6 is 0 Å². The van der Waals surface area contributed by atoms with Gasteiger partial charge in [0.25, 0.3) is 22.7 Å². The van der Waals surface area contributed by atoms with Crippen LogP contribution in [0.5, 0.6) is 0 Å². The van der Waals surface area contributed by atoms with Gasteiger partial charge in [0.1, 0.15) is 16.8 Å². The van der Waals surface area contributed by atoms with Crippen molar-refractivity contribution in [2.75, 3.05) is 38.0 Å². The van der Waals surface area contributed by atoms with Gasteiger partial charge in [-0.2, -0.15) is 0 Å². The number of nitro benzene ring substituents is 4. The molecular formula is C14H14N6O8. The van der Waals surface area contributed by atoms with Crippen LogP contribution in [0.1, 0.15) is 0 Å². The van der Waals surface area contributed by atoms with Crippen LogP contribution in [0.25, 0.3) is 10.8 Å². The van der Waals surface area contributed by atoms with Crippen LogP contribution in [0.3, 0.4) is 0 Å². The van der Waals surface area contributed by atoms with Gasteiger partial charge in [0.15, 0.2) is 0 Å². The molecular weight excluding hydrogens is 380 g/mol. The predicted octanol–water partition coefficient (Wildman–Crippen LogP) is 2.60. The molecule has 2 rings (SSSR count). The van der Waals surface area contributed by atoms with Crippen molar-refractivity contribution in [3.8, 4) is 0 Å². The molecule has 0 unspecified atom stereocenters. The zero-order valence-electron chi connectivity index (χ0n) is 15.1. The maximum Gasteiger partial charge on any atom is 0.300 e. The van der Waals surface area contributed by atoms with E-state index in [1.54, 1.807) is 0 Å². The Balaban J connectivity index is 3.43. The summed E-state index contributed by atoms with van der Waals surface area (Å²) in [7, 11) is 5.55.